The Hall–Kier alpha value is -3.46. The van der Waals surface area contributed by atoms with Gasteiger partial charge < -0.3 is 16.4 Å². The van der Waals surface area contributed by atoms with Crippen LogP contribution in [0.5, 0.6) is 0 Å². The van der Waals surface area contributed by atoms with Crippen LogP contribution in [0.15, 0.2) is 42.5 Å². The first-order valence-corrected chi connectivity index (χ1v) is 12.9. The van der Waals surface area contributed by atoms with Crippen molar-refractivity contribution in [2.24, 2.45) is 23.5 Å². The van der Waals surface area contributed by atoms with Crippen molar-refractivity contribution in [2.45, 2.75) is 70.9 Å². The van der Waals surface area contributed by atoms with Crippen LogP contribution in [0.25, 0.3) is 10.8 Å². The molecule has 1 aliphatic carbocycles. The Labute approximate surface area is 217 Å². The van der Waals surface area contributed by atoms with Gasteiger partial charge in [0.05, 0.1) is 0 Å². The van der Waals surface area contributed by atoms with E-state index in [2.05, 4.69) is 10.6 Å². The summed E-state index contributed by atoms with van der Waals surface area (Å²) in [6.45, 7) is 5.43. The van der Waals surface area contributed by atoms with E-state index in [1.807, 2.05) is 50.2 Å². The third-order valence-corrected chi connectivity index (χ3v) is 7.28. The smallest absolute Gasteiger partial charge is 0.250 e. The number of hydrogen-bond acceptors (Lipinski definition) is 5. The van der Waals surface area contributed by atoms with E-state index < -0.39 is 41.1 Å². The number of primary amides is 1. The second-order valence-electron chi connectivity index (χ2n) is 10.7. The monoisotopic (exact) mass is 510 g/mol. The Morgan fingerprint density at radius 2 is 1.76 bits per heavy atom. The van der Waals surface area contributed by atoms with E-state index in [9.17, 15) is 19.2 Å². The summed E-state index contributed by atoms with van der Waals surface area (Å²) in [7, 11) is 0. The molecule has 0 saturated heterocycles. The van der Waals surface area contributed by atoms with E-state index in [0.29, 0.717) is 24.3 Å². The van der Waals surface area contributed by atoms with E-state index >= 15 is 0 Å². The fourth-order valence-electron chi connectivity index (χ4n) is 4.81. The normalized spacial score (nSPS) is 16.8. The predicted molar refractivity (Wildman–Crippen MR) is 140 cm³/mol. The van der Waals surface area contributed by atoms with Crippen molar-refractivity contribution < 1.29 is 24.4 Å². The first-order chi connectivity index (χ1) is 17.5. The molecule has 1 saturated carbocycles. The molecule has 37 heavy (non-hydrogen) atoms. The summed E-state index contributed by atoms with van der Waals surface area (Å²) in [5.74, 6) is -2.68. The maximum atomic E-state index is 13.8. The average molecular weight is 511 g/mol. The van der Waals surface area contributed by atoms with Crippen molar-refractivity contribution in [1.29, 1.82) is 0 Å². The van der Waals surface area contributed by atoms with Gasteiger partial charge in [0.1, 0.15) is 11.6 Å². The number of carbonyl (C=O) groups excluding carboxylic acids is 4. The largest absolute Gasteiger partial charge is 0.368 e. The van der Waals surface area contributed by atoms with Crippen molar-refractivity contribution in [3.8, 4) is 0 Å². The first-order valence-electron chi connectivity index (χ1n) is 12.9. The van der Waals surface area contributed by atoms with Crippen molar-refractivity contribution >= 4 is 34.4 Å². The number of rotatable bonds is 12. The Morgan fingerprint density at radius 3 is 2.32 bits per heavy atom. The fourth-order valence-corrected chi connectivity index (χ4v) is 4.81. The van der Waals surface area contributed by atoms with Crippen LogP contribution in [0.4, 0.5) is 0 Å². The van der Waals surface area contributed by atoms with Crippen LogP contribution in [-0.4, -0.2) is 34.9 Å². The zero-order chi connectivity index (χ0) is 27.2. The van der Waals surface area contributed by atoms with Gasteiger partial charge >= 0.3 is 0 Å². The number of carbonyl (C=O) groups is 4. The molecule has 0 spiro atoms. The molecule has 0 aliphatic heterocycles. The van der Waals surface area contributed by atoms with Gasteiger partial charge in [0.2, 0.25) is 17.7 Å². The highest BCUT2D eigenvalue weighted by Crippen LogP contribution is 2.34. The highest BCUT2D eigenvalue weighted by atomic mass is 16.5. The van der Waals surface area contributed by atoms with Gasteiger partial charge in [-0.2, -0.15) is 0 Å². The molecule has 3 atom stereocenters. The molecule has 2 aromatic rings. The lowest BCUT2D eigenvalue weighted by Gasteiger charge is -2.35. The summed E-state index contributed by atoms with van der Waals surface area (Å²) < 4.78 is 0. The SMILES string of the molecule is CC(C)C[C@H](NC(=O)[C@@](C)(NC(=O)[C@H](CC(=O)NO)CC1CCC1)c1ccc2ccccc2c1)C(N)=O. The topological polar surface area (TPSA) is 151 Å². The first kappa shape index (κ1) is 28.1. The van der Waals surface area contributed by atoms with Crippen LogP contribution < -0.4 is 21.8 Å². The van der Waals surface area contributed by atoms with Gasteiger partial charge in [0.25, 0.3) is 5.91 Å². The third-order valence-electron chi connectivity index (χ3n) is 7.28. The van der Waals surface area contributed by atoms with E-state index in [1.54, 1.807) is 18.5 Å². The summed E-state index contributed by atoms with van der Waals surface area (Å²) in [6, 6.07) is 12.2. The molecule has 1 fully saturated rings. The highest BCUT2D eigenvalue weighted by Gasteiger charge is 2.41. The minimum atomic E-state index is -1.56. The molecule has 0 unspecified atom stereocenters. The molecule has 4 amide bonds. The molecule has 2 aromatic carbocycles. The molecular weight excluding hydrogens is 472 g/mol. The Kier molecular flexibility index (Phi) is 9.26. The number of nitrogens with two attached hydrogens (primary N) is 1. The standard InChI is InChI=1S/C28H38N4O5/c1-17(2)13-23(25(29)34)30-27(36)28(3,22-12-11-19-9-4-5-10-20(19)15-22)31-26(35)21(16-24(33)32-37)14-18-7-6-8-18/h4-5,9-12,15,17-18,21,23,37H,6-8,13-14,16H2,1-3H3,(H2,29,34)(H,30,36)(H,31,35)(H,32,33)/t21-,23-,28-/m0/s1. The average Bonchev–Trinajstić information content (AvgIpc) is 2.83. The van der Waals surface area contributed by atoms with Crippen molar-refractivity contribution in [3.63, 3.8) is 0 Å². The number of hydrogen-bond donors (Lipinski definition) is 5. The van der Waals surface area contributed by atoms with Crippen LogP contribution in [0, 0.1) is 17.8 Å². The highest BCUT2D eigenvalue weighted by molar-refractivity contribution is 5.97. The van der Waals surface area contributed by atoms with Gasteiger partial charge in [-0.1, -0.05) is 69.5 Å². The van der Waals surface area contributed by atoms with Gasteiger partial charge in [-0.3, -0.25) is 24.4 Å². The van der Waals surface area contributed by atoms with Gasteiger partial charge in [0, 0.05) is 12.3 Å². The van der Waals surface area contributed by atoms with E-state index in [4.69, 9.17) is 10.9 Å². The van der Waals surface area contributed by atoms with E-state index in [-0.39, 0.29) is 12.3 Å². The Bertz CT molecular complexity index is 1150. The fraction of sp³-hybridized carbons (Fsp3) is 0.500. The van der Waals surface area contributed by atoms with Gasteiger partial charge in [-0.05, 0) is 54.0 Å². The minimum absolute atomic E-state index is 0.100. The van der Waals surface area contributed by atoms with E-state index in [0.717, 1.165) is 30.0 Å². The van der Waals surface area contributed by atoms with Crippen LogP contribution in [0.1, 0.15) is 64.9 Å². The van der Waals surface area contributed by atoms with Gasteiger partial charge in [-0.15, -0.1) is 0 Å². The van der Waals surface area contributed by atoms with Crippen LogP contribution in [-0.2, 0) is 24.7 Å². The molecule has 1 aliphatic rings. The van der Waals surface area contributed by atoms with Crippen LogP contribution >= 0.6 is 0 Å². The molecule has 200 valence electrons. The van der Waals surface area contributed by atoms with Gasteiger partial charge in [-0.25, -0.2) is 5.48 Å². The summed E-state index contributed by atoms with van der Waals surface area (Å²) in [5, 5.41) is 16.5. The molecule has 0 radical (unpaired) electrons. The number of amides is 4. The Morgan fingerprint density at radius 1 is 1.08 bits per heavy atom. The summed E-state index contributed by atoms with van der Waals surface area (Å²) in [4.78, 5) is 51.4. The second-order valence-corrected chi connectivity index (χ2v) is 10.7. The van der Waals surface area contributed by atoms with E-state index in [1.165, 1.54) is 0 Å². The lowest BCUT2D eigenvalue weighted by Crippen LogP contribution is -2.59. The van der Waals surface area contributed by atoms with Crippen LogP contribution in [0.2, 0.25) is 0 Å². The molecule has 9 nitrogen and oxygen atoms in total. The predicted octanol–water partition coefficient (Wildman–Crippen LogP) is 2.89. The molecule has 0 bridgehead atoms. The number of benzene rings is 2. The molecule has 0 aromatic heterocycles. The van der Waals surface area contributed by atoms with Crippen molar-refractivity contribution in [1.82, 2.24) is 16.1 Å². The second kappa shape index (κ2) is 12.2. The summed E-state index contributed by atoms with van der Waals surface area (Å²) in [5.41, 5.74) is 6.15. The summed E-state index contributed by atoms with van der Waals surface area (Å²) >= 11 is 0. The lowest BCUT2D eigenvalue weighted by atomic mass is 9.77. The van der Waals surface area contributed by atoms with Crippen molar-refractivity contribution in [2.75, 3.05) is 0 Å². The number of fused-ring (bicyclic) bond motifs is 1. The molecule has 9 heteroatoms. The third kappa shape index (κ3) is 7.07. The van der Waals surface area contributed by atoms with Gasteiger partial charge in [0.15, 0.2) is 0 Å². The maximum absolute atomic E-state index is 13.8. The summed E-state index contributed by atoms with van der Waals surface area (Å²) in [6.07, 6.45) is 3.65. The Balaban J connectivity index is 1.97. The number of nitrogens with one attached hydrogen (secondary N) is 3. The molecule has 6 N–H and O–H groups in total. The van der Waals surface area contributed by atoms with Crippen molar-refractivity contribution in [3.05, 3.63) is 48.0 Å². The lowest BCUT2D eigenvalue weighted by molar-refractivity contribution is -0.139. The maximum Gasteiger partial charge on any atom is 0.250 e. The zero-order valence-corrected chi connectivity index (χ0v) is 21.8. The quantitative estimate of drug-likeness (QED) is 0.220. The van der Waals surface area contributed by atoms with Crippen LogP contribution in [0.3, 0.4) is 0 Å². The molecular formula is C28H38N4O5. The molecule has 0 heterocycles. The minimum Gasteiger partial charge on any atom is -0.368 e. The molecule has 3 rings (SSSR count). The number of hydroxylamine groups is 1. The zero-order valence-electron chi connectivity index (χ0n) is 21.8.